The van der Waals surface area contributed by atoms with Gasteiger partial charge in [0, 0.05) is 24.8 Å². The lowest BCUT2D eigenvalue weighted by Crippen LogP contribution is -2.41. The van der Waals surface area contributed by atoms with E-state index in [9.17, 15) is 18.0 Å². The fraction of sp³-hybridized carbons (Fsp3) is 0.462. The van der Waals surface area contributed by atoms with E-state index in [1.54, 1.807) is 0 Å². The van der Waals surface area contributed by atoms with Crippen LogP contribution in [0.1, 0.15) is 20.3 Å². The number of nitrogens with one attached hydrogen (secondary N) is 2. The zero-order chi connectivity index (χ0) is 15.3. The predicted octanol–water partition coefficient (Wildman–Crippen LogP) is 2.63. The molecule has 7 heteroatoms. The van der Waals surface area contributed by atoms with Gasteiger partial charge in [-0.15, -0.1) is 0 Å². The van der Waals surface area contributed by atoms with Crippen molar-refractivity contribution in [3.8, 4) is 0 Å². The number of carbonyl (C=O) groups is 1. The number of aliphatic hydroxyl groups excluding tert-OH is 1. The van der Waals surface area contributed by atoms with Gasteiger partial charge in [0.15, 0.2) is 11.6 Å². The first-order valence-electron chi connectivity index (χ1n) is 6.18. The van der Waals surface area contributed by atoms with Crippen molar-refractivity contribution in [2.75, 3.05) is 11.9 Å². The van der Waals surface area contributed by atoms with E-state index < -0.39 is 29.2 Å². The highest BCUT2D eigenvalue weighted by atomic mass is 19.2. The van der Waals surface area contributed by atoms with Crippen LogP contribution in [0.5, 0.6) is 0 Å². The molecule has 0 aliphatic carbocycles. The van der Waals surface area contributed by atoms with E-state index in [0.717, 1.165) is 0 Å². The second-order valence-corrected chi connectivity index (χ2v) is 4.71. The Morgan fingerprint density at radius 2 is 1.80 bits per heavy atom. The summed E-state index contributed by atoms with van der Waals surface area (Å²) in [5.41, 5.74) is -0.451. The molecule has 0 aliphatic rings. The van der Waals surface area contributed by atoms with Gasteiger partial charge in [-0.3, -0.25) is 0 Å². The molecule has 1 unspecified atom stereocenters. The molecular formula is C13H17F3N2O2. The summed E-state index contributed by atoms with van der Waals surface area (Å²) in [5.74, 6) is -3.59. The van der Waals surface area contributed by atoms with Crippen molar-refractivity contribution in [2.45, 2.75) is 26.3 Å². The average Bonchev–Trinajstić information content (AvgIpc) is 2.35. The predicted molar refractivity (Wildman–Crippen MR) is 68.8 cm³/mol. The average molecular weight is 290 g/mol. The van der Waals surface area contributed by atoms with E-state index in [1.165, 1.54) is 0 Å². The van der Waals surface area contributed by atoms with Crippen LogP contribution in [0.15, 0.2) is 12.1 Å². The zero-order valence-electron chi connectivity index (χ0n) is 11.2. The second-order valence-electron chi connectivity index (χ2n) is 4.71. The Bertz CT molecular complexity index is 481. The van der Waals surface area contributed by atoms with E-state index >= 15 is 0 Å². The Labute approximate surface area is 115 Å². The summed E-state index contributed by atoms with van der Waals surface area (Å²) in [4.78, 5) is 11.7. The molecule has 4 nitrogen and oxygen atoms in total. The minimum absolute atomic E-state index is 0.0581. The molecule has 0 spiro atoms. The topological polar surface area (TPSA) is 61.4 Å². The molecule has 0 saturated carbocycles. The Morgan fingerprint density at radius 3 is 2.35 bits per heavy atom. The molecule has 0 fully saturated rings. The van der Waals surface area contributed by atoms with Gasteiger partial charge < -0.3 is 15.7 Å². The first kappa shape index (κ1) is 16.3. The quantitative estimate of drug-likeness (QED) is 0.730. The lowest BCUT2D eigenvalue weighted by Gasteiger charge is -2.21. The standard InChI is InChI=1S/C13H17F3N2O2/c1-7(2)11(3-4-19)17-13(20)18-12-6-9(15)8(14)5-10(12)16/h5-7,11,19H,3-4H2,1-2H3,(H2,17,18,20). The lowest BCUT2D eigenvalue weighted by molar-refractivity contribution is 0.227. The minimum Gasteiger partial charge on any atom is -0.396 e. The number of amides is 2. The molecular weight excluding hydrogens is 273 g/mol. The van der Waals surface area contributed by atoms with Crippen LogP contribution in [0.4, 0.5) is 23.7 Å². The van der Waals surface area contributed by atoms with Crippen molar-refractivity contribution in [3.63, 3.8) is 0 Å². The van der Waals surface area contributed by atoms with Gasteiger partial charge in [-0.2, -0.15) is 0 Å². The van der Waals surface area contributed by atoms with Crippen LogP contribution < -0.4 is 10.6 Å². The van der Waals surface area contributed by atoms with Crippen molar-refractivity contribution in [2.24, 2.45) is 5.92 Å². The zero-order valence-corrected chi connectivity index (χ0v) is 11.2. The highest BCUT2D eigenvalue weighted by Gasteiger charge is 2.17. The molecule has 1 atom stereocenters. The smallest absolute Gasteiger partial charge is 0.319 e. The fourth-order valence-electron chi connectivity index (χ4n) is 1.66. The molecule has 0 saturated heterocycles. The molecule has 0 aromatic heterocycles. The van der Waals surface area contributed by atoms with Crippen molar-refractivity contribution >= 4 is 11.7 Å². The monoisotopic (exact) mass is 290 g/mol. The number of carbonyl (C=O) groups excluding carboxylic acids is 1. The molecule has 3 N–H and O–H groups in total. The lowest BCUT2D eigenvalue weighted by atomic mass is 10.0. The summed E-state index contributed by atoms with van der Waals surface area (Å²) in [7, 11) is 0. The molecule has 0 bridgehead atoms. The van der Waals surface area contributed by atoms with E-state index in [0.29, 0.717) is 18.6 Å². The maximum absolute atomic E-state index is 13.3. The number of benzene rings is 1. The summed E-state index contributed by atoms with van der Waals surface area (Å²) in [6.45, 7) is 3.58. The van der Waals surface area contributed by atoms with Crippen molar-refractivity contribution in [3.05, 3.63) is 29.6 Å². The third-order valence-corrected chi connectivity index (χ3v) is 2.82. The highest BCUT2D eigenvalue weighted by Crippen LogP contribution is 2.18. The van der Waals surface area contributed by atoms with Crippen LogP contribution in [-0.4, -0.2) is 23.8 Å². The van der Waals surface area contributed by atoms with Gasteiger partial charge in [0.2, 0.25) is 0 Å². The van der Waals surface area contributed by atoms with Gasteiger partial charge >= 0.3 is 6.03 Å². The van der Waals surface area contributed by atoms with Crippen LogP contribution in [0.3, 0.4) is 0 Å². The van der Waals surface area contributed by atoms with E-state index in [2.05, 4.69) is 10.6 Å². The Kier molecular flexibility index (Phi) is 5.82. The van der Waals surface area contributed by atoms with Crippen LogP contribution in [-0.2, 0) is 0 Å². The number of hydrogen-bond acceptors (Lipinski definition) is 2. The molecule has 0 aliphatic heterocycles. The number of rotatable bonds is 5. The van der Waals surface area contributed by atoms with Crippen LogP contribution in [0.2, 0.25) is 0 Å². The van der Waals surface area contributed by atoms with Gasteiger partial charge in [-0.05, 0) is 12.3 Å². The maximum Gasteiger partial charge on any atom is 0.319 e. The van der Waals surface area contributed by atoms with Gasteiger partial charge in [0.05, 0.1) is 5.69 Å². The van der Waals surface area contributed by atoms with Gasteiger partial charge in [-0.1, -0.05) is 13.8 Å². The number of aliphatic hydroxyl groups is 1. The van der Waals surface area contributed by atoms with Gasteiger partial charge in [-0.25, -0.2) is 18.0 Å². The number of anilines is 1. The summed E-state index contributed by atoms with van der Waals surface area (Å²) < 4.78 is 39.1. The largest absolute Gasteiger partial charge is 0.396 e. The molecule has 0 heterocycles. The van der Waals surface area contributed by atoms with Gasteiger partial charge in [0.1, 0.15) is 5.82 Å². The molecule has 1 aromatic carbocycles. The third-order valence-electron chi connectivity index (χ3n) is 2.82. The van der Waals surface area contributed by atoms with Crippen molar-refractivity contribution in [1.29, 1.82) is 0 Å². The number of urea groups is 1. The van der Waals surface area contributed by atoms with Gasteiger partial charge in [0.25, 0.3) is 0 Å². The number of halogens is 3. The first-order valence-corrected chi connectivity index (χ1v) is 6.18. The number of hydrogen-bond donors (Lipinski definition) is 3. The summed E-state index contributed by atoms with van der Waals surface area (Å²) in [6.07, 6.45) is 0.339. The van der Waals surface area contributed by atoms with Crippen LogP contribution in [0.25, 0.3) is 0 Å². The summed E-state index contributed by atoms with van der Waals surface area (Å²) in [6, 6.07) is -0.130. The molecule has 2 amide bonds. The van der Waals surface area contributed by atoms with E-state index in [-0.39, 0.29) is 18.6 Å². The molecule has 20 heavy (non-hydrogen) atoms. The summed E-state index contributed by atoms with van der Waals surface area (Å²) >= 11 is 0. The fourth-order valence-corrected chi connectivity index (χ4v) is 1.66. The van der Waals surface area contributed by atoms with E-state index in [1.807, 2.05) is 13.8 Å². The first-order chi connectivity index (χ1) is 9.35. The molecule has 1 rings (SSSR count). The SMILES string of the molecule is CC(C)C(CCO)NC(=O)Nc1cc(F)c(F)cc1F. The minimum atomic E-state index is -1.33. The highest BCUT2D eigenvalue weighted by molar-refractivity contribution is 5.89. The Hall–Kier alpha value is -1.76. The van der Waals surface area contributed by atoms with Crippen molar-refractivity contribution < 1.29 is 23.1 Å². The maximum atomic E-state index is 13.3. The van der Waals surface area contributed by atoms with Crippen molar-refractivity contribution in [1.82, 2.24) is 5.32 Å². The molecule has 112 valence electrons. The Morgan fingerprint density at radius 1 is 1.20 bits per heavy atom. The molecule has 1 aromatic rings. The Balaban J connectivity index is 2.73. The third kappa shape index (κ3) is 4.41. The van der Waals surface area contributed by atoms with Crippen LogP contribution in [0, 0.1) is 23.4 Å². The summed E-state index contributed by atoms with van der Waals surface area (Å²) in [5, 5.41) is 13.5. The second kappa shape index (κ2) is 7.14. The van der Waals surface area contributed by atoms with Crippen LogP contribution >= 0.6 is 0 Å². The molecule has 0 radical (unpaired) electrons. The normalized spacial score (nSPS) is 12.3. The van der Waals surface area contributed by atoms with E-state index in [4.69, 9.17) is 5.11 Å².